The molecule has 0 saturated heterocycles. The van der Waals surface area contributed by atoms with Gasteiger partial charge >= 0.3 is 0 Å². The second kappa shape index (κ2) is 3.40. The van der Waals surface area contributed by atoms with Crippen LogP contribution in [0, 0.1) is 0 Å². The van der Waals surface area contributed by atoms with Crippen LogP contribution in [0.5, 0.6) is 0 Å². The first-order chi connectivity index (χ1) is 3.63. The number of aliphatic hydroxyl groups is 1. The smallest absolute Gasteiger partial charge is 0.243 e. The molecule has 1 amide bonds. The van der Waals surface area contributed by atoms with Crippen LogP contribution in [0.3, 0.4) is 0 Å². The Bertz CT molecular complexity index is 81.4. The topological polar surface area (TPSA) is 72.6 Å². The van der Waals surface area contributed by atoms with Gasteiger partial charge in [0.2, 0.25) is 5.91 Å². The normalized spacial score (nSPS) is 13.2. The van der Waals surface area contributed by atoms with Gasteiger partial charge in [0.1, 0.15) is 6.61 Å². The fourth-order valence-corrected chi connectivity index (χ4v) is 0.203. The third-order valence-electron chi connectivity index (χ3n) is 0.467. The number of carbonyl (C=O) groups excluding carboxylic acids is 1. The quantitative estimate of drug-likeness (QED) is 0.459. The molecule has 0 rings (SSSR count). The SMILES string of the molecule is CC(O)OCC(N)=O. The molecule has 0 heterocycles. The van der Waals surface area contributed by atoms with Gasteiger partial charge in [-0.25, -0.2) is 0 Å². The number of hydrogen-bond acceptors (Lipinski definition) is 3. The summed E-state index contributed by atoms with van der Waals surface area (Å²) in [6, 6.07) is 0. The largest absolute Gasteiger partial charge is 0.368 e. The highest BCUT2D eigenvalue weighted by molar-refractivity contribution is 5.74. The molecule has 0 fully saturated rings. The van der Waals surface area contributed by atoms with Crippen LogP contribution in [-0.4, -0.2) is 23.9 Å². The number of hydrogen-bond donors (Lipinski definition) is 2. The van der Waals surface area contributed by atoms with Gasteiger partial charge in [0.05, 0.1) is 0 Å². The summed E-state index contributed by atoms with van der Waals surface area (Å²) in [5.41, 5.74) is 4.67. The van der Waals surface area contributed by atoms with E-state index in [1.165, 1.54) is 6.92 Å². The average Bonchev–Trinajstić information content (AvgIpc) is 1.61. The molecular formula is C4H9NO3. The number of primary amides is 1. The number of carbonyl (C=O) groups is 1. The van der Waals surface area contributed by atoms with Crippen molar-refractivity contribution in [2.24, 2.45) is 5.73 Å². The molecule has 3 N–H and O–H groups in total. The number of amides is 1. The maximum absolute atomic E-state index is 9.89. The molecule has 1 unspecified atom stereocenters. The van der Waals surface area contributed by atoms with Gasteiger partial charge in [0, 0.05) is 0 Å². The van der Waals surface area contributed by atoms with Crippen LogP contribution in [0.25, 0.3) is 0 Å². The van der Waals surface area contributed by atoms with Crippen molar-refractivity contribution in [1.82, 2.24) is 0 Å². The lowest BCUT2D eigenvalue weighted by Gasteiger charge is -2.01. The van der Waals surface area contributed by atoms with Gasteiger partial charge in [0.15, 0.2) is 6.29 Å². The van der Waals surface area contributed by atoms with Crippen molar-refractivity contribution in [2.45, 2.75) is 13.2 Å². The van der Waals surface area contributed by atoms with E-state index >= 15 is 0 Å². The predicted molar refractivity (Wildman–Crippen MR) is 26.8 cm³/mol. The fraction of sp³-hybridized carbons (Fsp3) is 0.750. The molecule has 0 aromatic carbocycles. The molecule has 0 saturated carbocycles. The van der Waals surface area contributed by atoms with Crippen molar-refractivity contribution >= 4 is 5.91 Å². The summed E-state index contributed by atoms with van der Waals surface area (Å²) in [6.45, 7) is 1.18. The Hall–Kier alpha value is -0.610. The first-order valence-corrected chi connectivity index (χ1v) is 2.21. The third kappa shape index (κ3) is 5.39. The zero-order valence-electron chi connectivity index (χ0n) is 4.63. The molecule has 0 aliphatic heterocycles. The van der Waals surface area contributed by atoms with Crippen LogP contribution in [0.2, 0.25) is 0 Å². The number of aliphatic hydroxyl groups excluding tert-OH is 1. The van der Waals surface area contributed by atoms with Crippen molar-refractivity contribution < 1.29 is 14.6 Å². The first kappa shape index (κ1) is 7.39. The summed E-state index contributed by atoms with van der Waals surface area (Å²) < 4.78 is 4.38. The highest BCUT2D eigenvalue weighted by Crippen LogP contribution is 1.80. The van der Waals surface area contributed by atoms with E-state index < -0.39 is 12.2 Å². The lowest BCUT2D eigenvalue weighted by Crippen LogP contribution is -2.21. The van der Waals surface area contributed by atoms with Gasteiger partial charge in [0.25, 0.3) is 0 Å². The summed E-state index contributed by atoms with van der Waals surface area (Å²) in [4.78, 5) is 9.89. The Balaban J connectivity index is 3.05. The van der Waals surface area contributed by atoms with Gasteiger partial charge in [-0.05, 0) is 6.92 Å². The molecule has 1 atom stereocenters. The third-order valence-corrected chi connectivity index (χ3v) is 0.467. The minimum absolute atomic E-state index is 0.225. The lowest BCUT2D eigenvalue weighted by molar-refractivity contribution is -0.135. The summed E-state index contributed by atoms with van der Waals surface area (Å²) in [5.74, 6) is -0.578. The highest BCUT2D eigenvalue weighted by atomic mass is 16.6. The molecule has 0 radical (unpaired) electrons. The highest BCUT2D eigenvalue weighted by Gasteiger charge is 1.96. The molecule has 0 spiro atoms. The molecule has 0 aliphatic rings. The van der Waals surface area contributed by atoms with Crippen molar-refractivity contribution in [3.05, 3.63) is 0 Å². The molecule has 0 bridgehead atoms. The van der Waals surface area contributed by atoms with Gasteiger partial charge < -0.3 is 15.6 Å². The number of nitrogens with two attached hydrogens (primary N) is 1. The van der Waals surface area contributed by atoms with E-state index in [2.05, 4.69) is 10.5 Å². The van der Waals surface area contributed by atoms with Crippen LogP contribution < -0.4 is 5.73 Å². The molecule has 0 aliphatic carbocycles. The maximum Gasteiger partial charge on any atom is 0.243 e. The second-order valence-corrected chi connectivity index (χ2v) is 1.38. The first-order valence-electron chi connectivity index (χ1n) is 2.21. The molecule has 48 valence electrons. The van der Waals surface area contributed by atoms with E-state index in [4.69, 9.17) is 5.11 Å². The van der Waals surface area contributed by atoms with Gasteiger partial charge in [-0.3, -0.25) is 4.79 Å². The Morgan fingerprint density at radius 1 is 2.00 bits per heavy atom. The molecule has 4 nitrogen and oxygen atoms in total. The van der Waals surface area contributed by atoms with Crippen LogP contribution in [0.4, 0.5) is 0 Å². The lowest BCUT2D eigenvalue weighted by atomic mass is 10.7. The van der Waals surface area contributed by atoms with Crippen LogP contribution >= 0.6 is 0 Å². The van der Waals surface area contributed by atoms with E-state index in [0.29, 0.717) is 0 Å². The summed E-state index contributed by atoms with van der Waals surface area (Å²) in [7, 11) is 0. The van der Waals surface area contributed by atoms with Crippen LogP contribution in [0.15, 0.2) is 0 Å². The number of rotatable bonds is 3. The van der Waals surface area contributed by atoms with E-state index in [0.717, 1.165) is 0 Å². The van der Waals surface area contributed by atoms with Gasteiger partial charge in [-0.15, -0.1) is 0 Å². The van der Waals surface area contributed by atoms with E-state index in [1.807, 2.05) is 0 Å². The summed E-state index contributed by atoms with van der Waals surface area (Å²) >= 11 is 0. The van der Waals surface area contributed by atoms with Crippen molar-refractivity contribution in [3.63, 3.8) is 0 Å². The van der Waals surface area contributed by atoms with Crippen molar-refractivity contribution in [3.8, 4) is 0 Å². The molecular weight excluding hydrogens is 110 g/mol. The van der Waals surface area contributed by atoms with Crippen LogP contribution in [-0.2, 0) is 9.53 Å². The maximum atomic E-state index is 9.89. The van der Waals surface area contributed by atoms with Crippen LogP contribution in [0.1, 0.15) is 6.92 Å². The molecule has 0 aromatic heterocycles. The van der Waals surface area contributed by atoms with Gasteiger partial charge in [-0.1, -0.05) is 0 Å². The van der Waals surface area contributed by atoms with E-state index in [9.17, 15) is 4.79 Å². The number of ether oxygens (including phenoxy) is 1. The molecule has 0 aromatic rings. The van der Waals surface area contributed by atoms with E-state index in [-0.39, 0.29) is 6.61 Å². The summed E-state index contributed by atoms with van der Waals surface area (Å²) in [5, 5.41) is 8.37. The van der Waals surface area contributed by atoms with Crippen molar-refractivity contribution in [1.29, 1.82) is 0 Å². The Morgan fingerprint density at radius 2 is 2.50 bits per heavy atom. The predicted octanol–water partition coefficient (Wildman–Crippen LogP) is -1.17. The minimum Gasteiger partial charge on any atom is -0.368 e. The monoisotopic (exact) mass is 119 g/mol. The van der Waals surface area contributed by atoms with E-state index in [1.54, 1.807) is 0 Å². The molecule has 8 heavy (non-hydrogen) atoms. The zero-order chi connectivity index (χ0) is 6.57. The Kier molecular flexibility index (Phi) is 3.14. The fourth-order valence-electron chi connectivity index (χ4n) is 0.203. The average molecular weight is 119 g/mol. The Labute approximate surface area is 47.2 Å². The minimum atomic E-state index is -0.914. The Morgan fingerprint density at radius 3 is 2.62 bits per heavy atom. The standard InChI is InChI=1S/C4H9NO3/c1-3(6)8-2-4(5)7/h3,6H,2H2,1H3,(H2,5,7). The molecule has 4 heteroatoms. The van der Waals surface area contributed by atoms with Gasteiger partial charge in [-0.2, -0.15) is 0 Å². The second-order valence-electron chi connectivity index (χ2n) is 1.38. The van der Waals surface area contributed by atoms with Crippen molar-refractivity contribution in [2.75, 3.05) is 6.61 Å². The summed E-state index contributed by atoms with van der Waals surface area (Å²) in [6.07, 6.45) is -0.914. The zero-order valence-corrected chi connectivity index (χ0v) is 4.63.